The lowest BCUT2D eigenvalue weighted by atomic mass is 9.98. The molecule has 5 saturated heterocycles. The van der Waals surface area contributed by atoms with E-state index in [2.05, 4.69) is 88.3 Å². The molecule has 0 unspecified atom stereocenters. The molecule has 0 atom stereocenters. The van der Waals surface area contributed by atoms with Gasteiger partial charge in [-0.25, -0.2) is 49.8 Å². The first kappa shape index (κ1) is 90.1. The molecule has 17 rings (SSSR count). The number of piperidine rings is 5. The number of nitrogen functional groups attached to an aromatic ring is 5. The summed E-state index contributed by atoms with van der Waals surface area (Å²) in [5.41, 5.74) is 39.6. The fourth-order valence-electron chi connectivity index (χ4n) is 16.1. The Bertz CT molecular complexity index is 5790. The second-order valence-electron chi connectivity index (χ2n) is 31.5. The summed E-state index contributed by atoms with van der Waals surface area (Å²) in [6.07, 6.45) is 34.0. The van der Waals surface area contributed by atoms with Crippen molar-refractivity contribution in [2.75, 3.05) is 119 Å². The molecule has 10 aromatic heterocycles. The van der Waals surface area contributed by atoms with Crippen molar-refractivity contribution < 1.29 is 24.0 Å². The number of rotatable bonds is 20. The lowest BCUT2D eigenvalue weighted by Gasteiger charge is -2.28. The summed E-state index contributed by atoms with van der Waals surface area (Å²) < 4.78 is 0. The first-order valence-corrected chi connectivity index (χ1v) is 43.9. The minimum atomic E-state index is -0.239. The van der Waals surface area contributed by atoms with Gasteiger partial charge >= 0.3 is 0 Å². The number of carbonyl (C=O) groups is 5. The van der Waals surface area contributed by atoms with Gasteiger partial charge in [-0.15, -0.1) is 5.92 Å². The largest absolute Gasteiger partial charge is 0.383 e. The molecule has 2 aromatic carbocycles. The number of pyridine rings is 10. The Balaban J connectivity index is 0.000000136. The van der Waals surface area contributed by atoms with Crippen molar-refractivity contribution in [3.05, 3.63) is 309 Å². The second kappa shape index (κ2) is 45.1. The molecule has 10 N–H and O–H groups in total. The molecule has 5 aliphatic heterocycles. The van der Waals surface area contributed by atoms with Crippen molar-refractivity contribution in [1.29, 1.82) is 0 Å². The third kappa shape index (κ3) is 23.4. The van der Waals surface area contributed by atoms with E-state index in [-0.39, 0.29) is 58.0 Å². The van der Waals surface area contributed by atoms with E-state index in [0.29, 0.717) is 68.3 Å². The van der Waals surface area contributed by atoms with Crippen LogP contribution in [0.3, 0.4) is 0 Å². The minimum Gasteiger partial charge on any atom is -0.383 e. The molecule has 127 heavy (non-hydrogen) atoms. The highest BCUT2D eigenvalue weighted by Crippen LogP contribution is 2.33. The van der Waals surface area contributed by atoms with E-state index in [4.69, 9.17) is 38.6 Å². The summed E-state index contributed by atoms with van der Waals surface area (Å²) in [4.78, 5) is 120. The number of hydrogen-bond donors (Lipinski definition) is 5. The molecule has 12 aromatic rings. The highest BCUT2D eigenvalue weighted by Gasteiger charge is 2.28. The molecule has 5 fully saturated rings. The second-order valence-corrected chi connectivity index (χ2v) is 31.5. The fraction of sp³-hybridized carbons (Fsp3) is 0.284. The molecule has 0 bridgehead atoms. The van der Waals surface area contributed by atoms with Crippen LogP contribution < -0.4 is 53.2 Å². The van der Waals surface area contributed by atoms with Gasteiger partial charge in [0.25, 0.3) is 0 Å². The molecular weight excluding hydrogens is 1590 g/mol. The van der Waals surface area contributed by atoms with Crippen molar-refractivity contribution in [2.45, 2.75) is 124 Å². The molecule has 0 amide bonds. The van der Waals surface area contributed by atoms with Gasteiger partial charge < -0.3 is 53.2 Å². The molecular formula is C102H110N20O5. The van der Waals surface area contributed by atoms with Gasteiger partial charge in [-0.05, 0) is 255 Å². The highest BCUT2D eigenvalue weighted by molar-refractivity contribution is 6.16. The monoisotopic (exact) mass is 1690 g/mol. The highest BCUT2D eigenvalue weighted by atomic mass is 16.1. The molecule has 25 heteroatoms. The van der Waals surface area contributed by atoms with Crippen LogP contribution in [0.2, 0.25) is 0 Å². The smallest absolute Gasteiger partial charge is 0.216 e. The molecule has 5 aliphatic rings. The van der Waals surface area contributed by atoms with Gasteiger partial charge in [0.15, 0.2) is 0 Å². The normalized spacial score (nSPS) is 14.4. The Morgan fingerprint density at radius 1 is 0.315 bits per heavy atom. The Labute approximate surface area is 743 Å². The molecule has 0 aliphatic carbocycles. The SMILES string of the molecule is C/C=C/c1ccc(N2CCCCC2)nc1C(=O)c1cccnc1N.C/C=C\c1ccc(N2CCCCC2)nc1C(=O)c1cccnc1N.CC#Cc1ccc(N2CCCCC2)nc1C(=O)c1cccnc1N.Nc1ncccc1C(=O)c1nc(N2CCCCC2)ccc1-c1ccccc1.Nc1ncccc1C(=O)c1nc(N2CCCCC2)ccc1Cc1ccccc1. The van der Waals surface area contributed by atoms with Crippen LogP contribution in [-0.2, 0) is 6.42 Å². The lowest BCUT2D eigenvalue weighted by Crippen LogP contribution is -2.30. The van der Waals surface area contributed by atoms with Crippen LogP contribution in [0.1, 0.15) is 225 Å². The van der Waals surface area contributed by atoms with Crippen molar-refractivity contribution in [3.8, 4) is 23.0 Å². The van der Waals surface area contributed by atoms with Gasteiger partial charge in [-0.1, -0.05) is 97.0 Å². The first-order chi connectivity index (χ1) is 62.1. The summed E-state index contributed by atoms with van der Waals surface area (Å²) in [6, 6.07) is 56.8. The molecule has 648 valence electrons. The Morgan fingerprint density at radius 2 is 0.606 bits per heavy atom. The standard InChI is InChI=1S/C23H24N4O.C22H22N4O.2C19H22N4O.C19H20N4O/c24-23-19(10-7-13-25-23)22(28)21-18(16-17-8-3-1-4-9-17)11-12-20(26-21)27-14-5-2-6-15-27;23-22-18(10-7-13-24-22)21(27)20-17(16-8-3-1-4-9-16)11-12-19(25-20)26-14-5-2-6-15-26;3*1-2-7-14-9-10-16(23-12-4-3-5-13-23)22-17(14)18(24)15-8-6-11-21-19(15)20/h1,3-4,7-13H,2,5-6,14-16H2,(H2,24,25);1,3-4,7-13H,2,5-6,14-15H2,(H2,23,24);2*2,6-11H,3-5,12-13H2,1H3,(H2,20,21);6,8-11H,3-5,12-13H2,1H3,(H2,20,21)/b;;7-2+;7-2-;. The molecule has 15 heterocycles. The first-order valence-electron chi connectivity index (χ1n) is 43.9. The van der Waals surface area contributed by atoms with Gasteiger partial charge in [0.2, 0.25) is 28.9 Å². The lowest BCUT2D eigenvalue weighted by molar-refractivity contribution is 0.102. The molecule has 0 spiro atoms. The third-order valence-electron chi connectivity index (χ3n) is 22.7. The Morgan fingerprint density at radius 3 is 0.953 bits per heavy atom. The molecule has 25 nitrogen and oxygen atoms in total. The number of carbonyl (C=O) groups excluding carboxylic acids is 5. The number of ketones is 5. The summed E-state index contributed by atoms with van der Waals surface area (Å²) >= 11 is 0. The number of nitrogens with two attached hydrogens (primary N) is 5. The van der Waals surface area contributed by atoms with E-state index in [1.807, 2.05) is 147 Å². The topological polar surface area (TPSA) is 361 Å². The fourth-order valence-corrected chi connectivity index (χ4v) is 16.1. The van der Waals surface area contributed by atoms with Crippen LogP contribution in [0.15, 0.2) is 225 Å². The van der Waals surface area contributed by atoms with Crippen molar-refractivity contribution >= 4 is 99.2 Å². The average molecular weight is 1700 g/mol. The van der Waals surface area contributed by atoms with Crippen LogP contribution in [0.5, 0.6) is 0 Å². The van der Waals surface area contributed by atoms with E-state index >= 15 is 0 Å². The minimum absolute atomic E-state index is 0.171. The third-order valence-corrected chi connectivity index (χ3v) is 22.7. The molecule has 0 radical (unpaired) electrons. The van der Waals surface area contributed by atoms with E-state index in [9.17, 15) is 24.0 Å². The van der Waals surface area contributed by atoms with Crippen LogP contribution in [-0.4, -0.2) is 144 Å². The number of anilines is 10. The van der Waals surface area contributed by atoms with Gasteiger partial charge in [0.05, 0.1) is 33.4 Å². The molecule has 0 saturated carbocycles. The summed E-state index contributed by atoms with van der Waals surface area (Å²) in [5, 5.41) is 0. The average Bonchev–Trinajstić information content (AvgIpc) is 0.907. The van der Waals surface area contributed by atoms with Gasteiger partial charge in [0, 0.05) is 113 Å². The van der Waals surface area contributed by atoms with E-state index in [1.165, 1.54) is 32.1 Å². The number of aromatic nitrogens is 10. The van der Waals surface area contributed by atoms with E-state index in [0.717, 1.165) is 192 Å². The summed E-state index contributed by atoms with van der Waals surface area (Å²) in [7, 11) is 0. The zero-order valence-electron chi connectivity index (χ0n) is 72.5. The van der Waals surface area contributed by atoms with Crippen LogP contribution in [0.25, 0.3) is 23.3 Å². The number of benzene rings is 2. The van der Waals surface area contributed by atoms with Crippen LogP contribution in [0, 0.1) is 11.8 Å². The van der Waals surface area contributed by atoms with E-state index < -0.39 is 0 Å². The maximum Gasteiger partial charge on any atom is 0.216 e. The quantitative estimate of drug-likeness (QED) is 0.0349. The number of nitrogens with zero attached hydrogens (tertiary/aromatic N) is 15. The summed E-state index contributed by atoms with van der Waals surface area (Å²) in [6.45, 7) is 15.4. The van der Waals surface area contributed by atoms with Crippen molar-refractivity contribution in [1.82, 2.24) is 49.8 Å². The van der Waals surface area contributed by atoms with Gasteiger partial charge in [-0.3, -0.25) is 24.0 Å². The number of allylic oxidation sites excluding steroid dienone is 2. The summed E-state index contributed by atoms with van der Waals surface area (Å²) in [5.74, 6) is 10.2. The maximum absolute atomic E-state index is 13.3. The number of hydrogen-bond acceptors (Lipinski definition) is 25. The predicted molar refractivity (Wildman–Crippen MR) is 509 cm³/mol. The zero-order chi connectivity index (χ0) is 88.8. The van der Waals surface area contributed by atoms with Crippen LogP contribution >= 0.6 is 0 Å². The van der Waals surface area contributed by atoms with Crippen molar-refractivity contribution in [2.24, 2.45) is 0 Å². The van der Waals surface area contributed by atoms with Crippen LogP contribution in [0.4, 0.5) is 58.2 Å². The predicted octanol–water partition coefficient (Wildman–Crippen LogP) is 17.1. The maximum atomic E-state index is 13.3. The van der Waals surface area contributed by atoms with Crippen molar-refractivity contribution in [3.63, 3.8) is 0 Å². The van der Waals surface area contributed by atoms with Gasteiger partial charge in [0.1, 0.15) is 86.6 Å². The zero-order valence-corrected chi connectivity index (χ0v) is 72.5. The van der Waals surface area contributed by atoms with Gasteiger partial charge in [-0.2, -0.15) is 0 Å². The Kier molecular flexibility index (Phi) is 32.0. The van der Waals surface area contributed by atoms with E-state index in [1.54, 1.807) is 98.6 Å². The Hall–Kier alpha value is -14.7.